The monoisotopic (exact) mass is 263 g/mol. The molecule has 18 heavy (non-hydrogen) atoms. The van der Waals surface area contributed by atoms with E-state index in [1.807, 2.05) is 44.6 Å². The second-order valence-electron chi connectivity index (χ2n) is 3.94. The first-order valence-corrected chi connectivity index (χ1v) is 6.80. The van der Waals surface area contributed by atoms with Crippen LogP contribution in [-0.2, 0) is 12.8 Å². The number of nitrogens with two attached hydrogens (primary N) is 1. The van der Waals surface area contributed by atoms with E-state index in [1.54, 1.807) is 16.4 Å². The Labute approximate surface area is 111 Å². The van der Waals surface area contributed by atoms with E-state index in [0.29, 0.717) is 6.61 Å². The summed E-state index contributed by atoms with van der Waals surface area (Å²) in [5, 5.41) is 4.15. The molecule has 0 spiro atoms. The number of nitrogen functional groups attached to an aromatic ring is 1. The summed E-state index contributed by atoms with van der Waals surface area (Å²) < 4.78 is 7.27. The first kappa shape index (κ1) is 12.8. The van der Waals surface area contributed by atoms with E-state index in [0.717, 1.165) is 22.1 Å². The molecule has 4 nitrogen and oxygen atoms in total. The van der Waals surface area contributed by atoms with Gasteiger partial charge in [0, 0.05) is 35.1 Å². The second-order valence-corrected chi connectivity index (χ2v) is 4.96. The number of thioether (sulfide) groups is 1. The van der Waals surface area contributed by atoms with Gasteiger partial charge in [0.05, 0.1) is 12.8 Å². The molecule has 2 aromatic rings. The molecule has 0 bridgehead atoms. The van der Waals surface area contributed by atoms with Gasteiger partial charge in [-0.15, -0.1) is 11.8 Å². The Morgan fingerprint density at radius 3 is 2.94 bits per heavy atom. The summed E-state index contributed by atoms with van der Waals surface area (Å²) in [5.41, 5.74) is 7.93. The molecule has 0 aliphatic carbocycles. The van der Waals surface area contributed by atoms with E-state index in [9.17, 15) is 0 Å². The molecule has 0 radical (unpaired) electrons. The Morgan fingerprint density at radius 1 is 1.44 bits per heavy atom. The lowest BCUT2D eigenvalue weighted by Gasteiger charge is -2.08. The molecule has 2 rings (SSSR count). The number of hydrogen-bond donors (Lipinski definition) is 1. The van der Waals surface area contributed by atoms with E-state index >= 15 is 0 Å². The van der Waals surface area contributed by atoms with Crippen LogP contribution in [0.5, 0.6) is 5.75 Å². The van der Waals surface area contributed by atoms with Crippen molar-refractivity contribution in [2.45, 2.75) is 17.6 Å². The topological polar surface area (TPSA) is 53.1 Å². The Hall–Kier alpha value is -1.62. The van der Waals surface area contributed by atoms with Crippen molar-refractivity contribution < 1.29 is 4.74 Å². The smallest absolute Gasteiger partial charge is 0.120 e. The van der Waals surface area contributed by atoms with Gasteiger partial charge in [0.25, 0.3) is 0 Å². The molecule has 0 fully saturated rings. The number of aryl methyl sites for hydroxylation is 1. The van der Waals surface area contributed by atoms with Crippen LogP contribution in [0, 0.1) is 0 Å². The minimum absolute atomic E-state index is 0.663. The number of anilines is 1. The van der Waals surface area contributed by atoms with Gasteiger partial charge in [-0.1, -0.05) is 0 Å². The molecule has 96 valence electrons. The van der Waals surface area contributed by atoms with E-state index in [1.165, 1.54) is 5.56 Å². The number of hydrogen-bond acceptors (Lipinski definition) is 4. The van der Waals surface area contributed by atoms with Crippen molar-refractivity contribution in [3.63, 3.8) is 0 Å². The van der Waals surface area contributed by atoms with E-state index < -0.39 is 0 Å². The zero-order valence-electron chi connectivity index (χ0n) is 10.6. The molecule has 1 aromatic heterocycles. The fourth-order valence-electron chi connectivity index (χ4n) is 1.60. The lowest BCUT2D eigenvalue weighted by atomic mass is 10.3. The average Bonchev–Trinajstić information content (AvgIpc) is 2.76. The first-order valence-electron chi connectivity index (χ1n) is 5.81. The average molecular weight is 263 g/mol. The molecule has 0 aliphatic heterocycles. The summed E-state index contributed by atoms with van der Waals surface area (Å²) in [5.74, 6) is 1.72. The van der Waals surface area contributed by atoms with Crippen LogP contribution in [0.3, 0.4) is 0 Å². The van der Waals surface area contributed by atoms with Crippen molar-refractivity contribution in [2.24, 2.45) is 7.05 Å². The maximum atomic E-state index is 5.96. The summed E-state index contributed by atoms with van der Waals surface area (Å²) in [4.78, 5) is 1.05. The third-order valence-electron chi connectivity index (χ3n) is 2.45. The summed E-state index contributed by atoms with van der Waals surface area (Å²) in [6, 6.07) is 5.77. The molecule has 5 heteroatoms. The van der Waals surface area contributed by atoms with Gasteiger partial charge in [0.1, 0.15) is 5.75 Å². The van der Waals surface area contributed by atoms with Gasteiger partial charge in [0.15, 0.2) is 0 Å². The lowest BCUT2D eigenvalue weighted by molar-refractivity contribution is 0.339. The second kappa shape index (κ2) is 5.82. The van der Waals surface area contributed by atoms with Crippen LogP contribution in [0.15, 0.2) is 35.5 Å². The van der Waals surface area contributed by atoms with Crippen LogP contribution in [0.1, 0.15) is 12.5 Å². The fraction of sp³-hybridized carbons (Fsp3) is 0.308. The molecule has 1 heterocycles. The molecular weight excluding hydrogens is 246 g/mol. The third-order valence-corrected chi connectivity index (χ3v) is 3.59. The summed E-state index contributed by atoms with van der Waals surface area (Å²) in [6.07, 6.45) is 3.88. The third kappa shape index (κ3) is 3.20. The maximum Gasteiger partial charge on any atom is 0.120 e. The predicted octanol–water partition coefficient (Wildman–Crippen LogP) is 2.69. The number of rotatable bonds is 5. The van der Waals surface area contributed by atoms with Crippen LogP contribution in [-0.4, -0.2) is 16.4 Å². The molecule has 1 aromatic carbocycles. The van der Waals surface area contributed by atoms with E-state index in [-0.39, 0.29) is 0 Å². The van der Waals surface area contributed by atoms with Crippen molar-refractivity contribution in [2.75, 3.05) is 12.3 Å². The Morgan fingerprint density at radius 2 is 2.28 bits per heavy atom. The molecule has 0 atom stereocenters. The quantitative estimate of drug-likeness (QED) is 0.665. The maximum absolute atomic E-state index is 5.96. The van der Waals surface area contributed by atoms with Crippen molar-refractivity contribution in [1.29, 1.82) is 0 Å². The van der Waals surface area contributed by atoms with Gasteiger partial charge in [-0.3, -0.25) is 4.68 Å². The highest BCUT2D eigenvalue weighted by atomic mass is 32.2. The van der Waals surface area contributed by atoms with Crippen molar-refractivity contribution in [1.82, 2.24) is 9.78 Å². The van der Waals surface area contributed by atoms with E-state index in [4.69, 9.17) is 10.5 Å². The summed E-state index contributed by atoms with van der Waals surface area (Å²) in [7, 11) is 1.91. The fourth-order valence-corrected chi connectivity index (χ4v) is 2.51. The van der Waals surface area contributed by atoms with Gasteiger partial charge in [-0.2, -0.15) is 5.10 Å². The Balaban J connectivity index is 2.05. The minimum Gasteiger partial charge on any atom is -0.494 e. The Bertz CT molecular complexity index is 525. The highest BCUT2D eigenvalue weighted by Crippen LogP contribution is 2.31. The van der Waals surface area contributed by atoms with Crippen molar-refractivity contribution in [3.8, 4) is 5.75 Å². The Kier molecular flexibility index (Phi) is 4.15. The minimum atomic E-state index is 0.663. The largest absolute Gasteiger partial charge is 0.494 e. The van der Waals surface area contributed by atoms with Crippen LogP contribution in [0.4, 0.5) is 5.69 Å². The molecule has 0 unspecified atom stereocenters. The van der Waals surface area contributed by atoms with Crippen molar-refractivity contribution >= 4 is 17.4 Å². The lowest BCUT2D eigenvalue weighted by Crippen LogP contribution is -1.94. The van der Waals surface area contributed by atoms with Crippen molar-refractivity contribution in [3.05, 3.63) is 36.2 Å². The molecular formula is C13H17N3OS. The SMILES string of the molecule is CCOc1ccc(N)c(SCc2cnn(C)c2)c1. The van der Waals surface area contributed by atoms with Gasteiger partial charge in [-0.05, 0) is 25.1 Å². The molecule has 2 N–H and O–H groups in total. The van der Waals surface area contributed by atoms with Gasteiger partial charge in [0.2, 0.25) is 0 Å². The zero-order valence-corrected chi connectivity index (χ0v) is 11.4. The standard InChI is InChI=1S/C13H17N3OS/c1-3-17-11-4-5-12(14)13(6-11)18-9-10-7-15-16(2)8-10/h4-8H,3,9,14H2,1-2H3. The summed E-state index contributed by atoms with van der Waals surface area (Å²) in [6.45, 7) is 2.63. The van der Waals surface area contributed by atoms with Gasteiger partial charge >= 0.3 is 0 Å². The molecule has 0 saturated heterocycles. The van der Waals surface area contributed by atoms with Crippen LogP contribution in [0.2, 0.25) is 0 Å². The highest BCUT2D eigenvalue weighted by Gasteiger charge is 2.04. The normalized spacial score (nSPS) is 10.6. The predicted molar refractivity (Wildman–Crippen MR) is 74.8 cm³/mol. The van der Waals surface area contributed by atoms with Gasteiger partial charge in [-0.25, -0.2) is 0 Å². The van der Waals surface area contributed by atoms with Crippen LogP contribution >= 0.6 is 11.8 Å². The number of ether oxygens (including phenoxy) is 1. The number of benzene rings is 1. The van der Waals surface area contributed by atoms with E-state index in [2.05, 4.69) is 5.10 Å². The number of aromatic nitrogens is 2. The number of nitrogens with zero attached hydrogens (tertiary/aromatic N) is 2. The van der Waals surface area contributed by atoms with Crippen LogP contribution in [0.25, 0.3) is 0 Å². The molecule has 0 aliphatic rings. The summed E-state index contributed by atoms with van der Waals surface area (Å²) >= 11 is 1.70. The zero-order chi connectivity index (χ0) is 13.0. The molecule has 0 saturated carbocycles. The van der Waals surface area contributed by atoms with Gasteiger partial charge < -0.3 is 10.5 Å². The van der Waals surface area contributed by atoms with Crippen LogP contribution < -0.4 is 10.5 Å². The molecule has 0 amide bonds. The first-order chi connectivity index (χ1) is 8.69. The highest BCUT2D eigenvalue weighted by molar-refractivity contribution is 7.98.